The SMILES string of the molecule is C[C@@H]1CN(C(=O)c2ccc(CNCc3ccc4cn[nH]c4c3)cc2)C[C@H](C)O1. The summed E-state index contributed by atoms with van der Waals surface area (Å²) in [5.74, 6) is 0.0781. The summed E-state index contributed by atoms with van der Waals surface area (Å²) in [6.07, 6.45) is 1.99. The molecule has 0 spiro atoms. The molecule has 0 saturated carbocycles. The zero-order chi connectivity index (χ0) is 19.5. The van der Waals surface area contributed by atoms with Crippen LogP contribution in [-0.4, -0.2) is 46.3 Å². The highest BCUT2D eigenvalue weighted by Crippen LogP contribution is 2.16. The largest absolute Gasteiger partial charge is 0.372 e. The number of fused-ring (bicyclic) bond motifs is 1. The number of benzene rings is 2. The Hall–Kier alpha value is -2.70. The highest BCUT2D eigenvalue weighted by atomic mass is 16.5. The molecule has 146 valence electrons. The van der Waals surface area contributed by atoms with Crippen molar-refractivity contribution in [3.63, 3.8) is 0 Å². The first-order valence-corrected chi connectivity index (χ1v) is 9.75. The third-order valence-electron chi connectivity index (χ3n) is 5.07. The van der Waals surface area contributed by atoms with Crippen LogP contribution >= 0.6 is 0 Å². The Bertz CT molecular complexity index is 941. The summed E-state index contributed by atoms with van der Waals surface area (Å²) in [4.78, 5) is 14.6. The molecule has 6 heteroatoms. The lowest BCUT2D eigenvalue weighted by Gasteiger charge is -2.35. The molecule has 2 aromatic carbocycles. The quantitative estimate of drug-likeness (QED) is 0.716. The number of aromatic amines is 1. The fraction of sp³-hybridized carbons (Fsp3) is 0.364. The predicted octanol–water partition coefficient (Wildman–Crippen LogP) is 3.10. The van der Waals surface area contributed by atoms with E-state index in [0.29, 0.717) is 13.1 Å². The van der Waals surface area contributed by atoms with Crippen LogP contribution in [0.4, 0.5) is 0 Å². The summed E-state index contributed by atoms with van der Waals surface area (Å²) in [5, 5.41) is 11.6. The van der Waals surface area contributed by atoms with E-state index in [0.717, 1.165) is 35.1 Å². The number of ether oxygens (including phenoxy) is 1. The molecule has 1 saturated heterocycles. The Kier molecular flexibility index (Phi) is 5.41. The summed E-state index contributed by atoms with van der Waals surface area (Å²) >= 11 is 0. The molecule has 0 radical (unpaired) electrons. The zero-order valence-corrected chi connectivity index (χ0v) is 16.3. The van der Waals surface area contributed by atoms with Crippen molar-refractivity contribution in [3.8, 4) is 0 Å². The summed E-state index contributed by atoms with van der Waals surface area (Å²) in [5.41, 5.74) is 4.14. The highest BCUT2D eigenvalue weighted by Gasteiger charge is 2.26. The third kappa shape index (κ3) is 4.24. The van der Waals surface area contributed by atoms with E-state index >= 15 is 0 Å². The number of hydrogen-bond donors (Lipinski definition) is 2. The van der Waals surface area contributed by atoms with Crippen LogP contribution in [0.3, 0.4) is 0 Å². The van der Waals surface area contributed by atoms with E-state index in [4.69, 9.17) is 4.74 Å². The second-order valence-corrected chi connectivity index (χ2v) is 7.56. The van der Waals surface area contributed by atoms with Crippen molar-refractivity contribution >= 4 is 16.8 Å². The van der Waals surface area contributed by atoms with E-state index in [9.17, 15) is 4.79 Å². The van der Waals surface area contributed by atoms with Crippen LogP contribution in [0.25, 0.3) is 10.9 Å². The highest BCUT2D eigenvalue weighted by molar-refractivity contribution is 5.94. The predicted molar refractivity (Wildman–Crippen MR) is 109 cm³/mol. The molecule has 3 aromatic rings. The lowest BCUT2D eigenvalue weighted by Crippen LogP contribution is -2.48. The molecule has 1 aromatic heterocycles. The van der Waals surface area contributed by atoms with E-state index < -0.39 is 0 Å². The van der Waals surface area contributed by atoms with Crippen molar-refractivity contribution in [1.29, 1.82) is 0 Å². The number of hydrogen-bond acceptors (Lipinski definition) is 4. The Morgan fingerprint density at radius 3 is 2.54 bits per heavy atom. The fourth-order valence-electron chi connectivity index (χ4n) is 3.74. The first-order valence-electron chi connectivity index (χ1n) is 9.75. The number of H-pyrrole nitrogens is 1. The van der Waals surface area contributed by atoms with Gasteiger partial charge in [0.15, 0.2) is 0 Å². The third-order valence-corrected chi connectivity index (χ3v) is 5.07. The Morgan fingerprint density at radius 2 is 1.79 bits per heavy atom. The van der Waals surface area contributed by atoms with Gasteiger partial charge in [0.2, 0.25) is 0 Å². The Balaban J connectivity index is 1.32. The van der Waals surface area contributed by atoms with Crippen molar-refractivity contribution in [1.82, 2.24) is 20.4 Å². The minimum Gasteiger partial charge on any atom is -0.372 e. The molecule has 2 N–H and O–H groups in total. The number of amides is 1. The van der Waals surface area contributed by atoms with E-state index in [-0.39, 0.29) is 18.1 Å². The van der Waals surface area contributed by atoms with Crippen LogP contribution in [0.2, 0.25) is 0 Å². The topological polar surface area (TPSA) is 70.2 Å². The second kappa shape index (κ2) is 8.12. The van der Waals surface area contributed by atoms with Crippen molar-refractivity contribution in [2.45, 2.75) is 39.1 Å². The molecular formula is C22H26N4O2. The van der Waals surface area contributed by atoms with E-state index in [2.05, 4.69) is 33.7 Å². The molecule has 2 atom stereocenters. The van der Waals surface area contributed by atoms with Gasteiger partial charge in [-0.2, -0.15) is 5.10 Å². The van der Waals surface area contributed by atoms with Crippen molar-refractivity contribution in [3.05, 3.63) is 65.4 Å². The molecule has 6 nitrogen and oxygen atoms in total. The maximum atomic E-state index is 12.7. The average molecular weight is 378 g/mol. The van der Waals surface area contributed by atoms with Crippen LogP contribution < -0.4 is 5.32 Å². The molecule has 1 fully saturated rings. The molecule has 0 aliphatic carbocycles. The number of nitrogens with one attached hydrogen (secondary N) is 2. The molecular weight excluding hydrogens is 352 g/mol. The van der Waals surface area contributed by atoms with Crippen molar-refractivity contribution in [2.75, 3.05) is 13.1 Å². The van der Waals surface area contributed by atoms with Gasteiger partial charge in [0, 0.05) is 37.1 Å². The molecule has 1 amide bonds. The summed E-state index contributed by atoms with van der Waals surface area (Å²) in [6.45, 7) is 6.84. The Labute approximate surface area is 164 Å². The molecule has 1 aliphatic heterocycles. The van der Waals surface area contributed by atoms with Gasteiger partial charge in [-0.05, 0) is 43.2 Å². The van der Waals surface area contributed by atoms with Gasteiger partial charge in [-0.15, -0.1) is 0 Å². The van der Waals surface area contributed by atoms with Gasteiger partial charge in [0.1, 0.15) is 0 Å². The van der Waals surface area contributed by atoms with Gasteiger partial charge in [-0.25, -0.2) is 0 Å². The molecule has 1 aliphatic rings. The molecule has 2 heterocycles. The number of nitrogens with zero attached hydrogens (tertiary/aromatic N) is 2. The average Bonchev–Trinajstić information content (AvgIpc) is 3.15. The first-order chi connectivity index (χ1) is 13.6. The lowest BCUT2D eigenvalue weighted by atomic mass is 10.1. The van der Waals surface area contributed by atoms with E-state index in [1.54, 1.807) is 0 Å². The van der Waals surface area contributed by atoms with E-state index in [1.165, 1.54) is 5.56 Å². The van der Waals surface area contributed by atoms with Gasteiger partial charge in [0.25, 0.3) is 5.91 Å². The van der Waals surface area contributed by atoms with Gasteiger partial charge >= 0.3 is 0 Å². The lowest BCUT2D eigenvalue weighted by molar-refractivity contribution is -0.0586. The van der Waals surface area contributed by atoms with Gasteiger partial charge in [-0.3, -0.25) is 9.89 Å². The molecule has 28 heavy (non-hydrogen) atoms. The summed E-state index contributed by atoms with van der Waals surface area (Å²) in [6, 6.07) is 14.2. The molecule has 0 unspecified atom stereocenters. The van der Waals surface area contributed by atoms with Crippen LogP contribution in [0.5, 0.6) is 0 Å². The maximum Gasteiger partial charge on any atom is 0.254 e. The van der Waals surface area contributed by atoms with Gasteiger partial charge in [0.05, 0.1) is 23.9 Å². The van der Waals surface area contributed by atoms with Crippen LogP contribution in [-0.2, 0) is 17.8 Å². The monoisotopic (exact) mass is 378 g/mol. The van der Waals surface area contributed by atoms with Gasteiger partial charge in [-0.1, -0.05) is 24.3 Å². The zero-order valence-electron chi connectivity index (χ0n) is 16.3. The second-order valence-electron chi connectivity index (χ2n) is 7.56. The van der Waals surface area contributed by atoms with Crippen molar-refractivity contribution in [2.24, 2.45) is 0 Å². The van der Waals surface area contributed by atoms with Gasteiger partial charge < -0.3 is 15.0 Å². The standard InChI is InChI=1S/C22H26N4O2/c1-15-13-26(14-16(2)28-15)22(27)19-6-3-17(4-7-19)10-23-11-18-5-8-20-12-24-25-21(20)9-18/h3-9,12,15-16,23H,10-11,13-14H2,1-2H3,(H,24,25)/t15-,16+. The number of rotatable bonds is 5. The normalized spacial score (nSPS) is 19.9. The molecule has 4 rings (SSSR count). The number of carbonyl (C=O) groups excluding carboxylic acids is 1. The van der Waals surface area contributed by atoms with E-state index in [1.807, 2.05) is 49.2 Å². The Morgan fingerprint density at radius 1 is 1.11 bits per heavy atom. The van der Waals surface area contributed by atoms with Crippen LogP contribution in [0.1, 0.15) is 35.3 Å². The summed E-state index contributed by atoms with van der Waals surface area (Å²) < 4.78 is 5.71. The summed E-state index contributed by atoms with van der Waals surface area (Å²) in [7, 11) is 0. The fourth-order valence-corrected chi connectivity index (χ4v) is 3.74. The first kappa shape index (κ1) is 18.7. The number of morpholine rings is 1. The minimum atomic E-state index is 0.0781. The maximum absolute atomic E-state index is 12.7. The number of aromatic nitrogens is 2. The van der Waals surface area contributed by atoms with Crippen LogP contribution in [0.15, 0.2) is 48.7 Å². The van der Waals surface area contributed by atoms with Crippen LogP contribution in [0, 0.1) is 0 Å². The molecule has 0 bridgehead atoms. The van der Waals surface area contributed by atoms with Crippen molar-refractivity contribution < 1.29 is 9.53 Å². The number of carbonyl (C=O) groups is 1. The minimum absolute atomic E-state index is 0.0781. The smallest absolute Gasteiger partial charge is 0.254 e.